The van der Waals surface area contributed by atoms with Gasteiger partial charge in [-0.25, -0.2) is 0 Å². The van der Waals surface area contributed by atoms with Crippen molar-refractivity contribution in [3.8, 4) is 17.2 Å². The molecule has 0 bridgehead atoms. The highest BCUT2D eigenvalue weighted by Gasteiger charge is 2.16. The van der Waals surface area contributed by atoms with E-state index in [0.29, 0.717) is 22.8 Å². The molecule has 1 aromatic rings. The van der Waals surface area contributed by atoms with Crippen LogP contribution in [0.3, 0.4) is 0 Å². The molecule has 0 unspecified atom stereocenters. The summed E-state index contributed by atoms with van der Waals surface area (Å²) in [6.45, 7) is -0.161. The fraction of sp³-hybridized carbons (Fsp3) is 0.455. The molecular formula is C11H18ClNO4. The van der Waals surface area contributed by atoms with E-state index in [1.165, 1.54) is 7.11 Å². The topological polar surface area (TPSA) is 73.9 Å². The Morgan fingerprint density at radius 3 is 1.94 bits per heavy atom. The SMILES string of the molecule is COc1cc(OC)c([C@H](N)CO)cc1OC.Cl. The molecule has 1 rings (SSSR count). The third-order valence-corrected chi connectivity index (χ3v) is 2.33. The van der Waals surface area contributed by atoms with E-state index in [2.05, 4.69) is 0 Å². The number of hydrogen-bond acceptors (Lipinski definition) is 5. The van der Waals surface area contributed by atoms with E-state index in [1.807, 2.05) is 0 Å². The van der Waals surface area contributed by atoms with Crippen molar-refractivity contribution in [2.24, 2.45) is 5.73 Å². The van der Waals surface area contributed by atoms with Gasteiger partial charge in [0.25, 0.3) is 0 Å². The Bertz CT molecular complexity index is 360. The van der Waals surface area contributed by atoms with E-state index >= 15 is 0 Å². The lowest BCUT2D eigenvalue weighted by molar-refractivity contribution is 0.263. The Hall–Kier alpha value is -1.17. The van der Waals surface area contributed by atoms with Crippen molar-refractivity contribution in [1.29, 1.82) is 0 Å². The van der Waals surface area contributed by atoms with Gasteiger partial charge in [0.15, 0.2) is 11.5 Å². The number of aliphatic hydroxyl groups excluding tert-OH is 1. The molecule has 1 aromatic carbocycles. The molecule has 17 heavy (non-hydrogen) atoms. The van der Waals surface area contributed by atoms with Gasteiger partial charge >= 0.3 is 0 Å². The number of nitrogens with two attached hydrogens (primary N) is 1. The lowest BCUT2D eigenvalue weighted by Gasteiger charge is -2.17. The monoisotopic (exact) mass is 263 g/mol. The third kappa shape index (κ3) is 3.39. The fourth-order valence-electron chi connectivity index (χ4n) is 1.44. The second-order valence-electron chi connectivity index (χ2n) is 3.24. The number of rotatable bonds is 5. The number of methoxy groups -OCH3 is 3. The van der Waals surface area contributed by atoms with Gasteiger partial charge < -0.3 is 25.1 Å². The highest BCUT2D eigenvalue weighted by molar-refractivity contribution is 5.85. The first-order valence-electron chi connectivity index (χ1n) is 4.84. The van der Waals surface area contributed by atoms with Gasteiger partial charge in [-0.15, -0.1) is 12.4 Å². The second-order valence-corrected chi connectivity index (χ2v) is 3.24. The van der Waals surface area contributed by atoms with Crippen molar-refractivity contribution in [3.05, 3.63) is 17.7 Å². The van der Waals surface area contributed by atoms with E-state index in [0.717, 1.165) is 0 Å². The normalized spacial score (nSPS) is 11.4. The van der Waals surface area contributed by atoms with Crippen molar-refractivity contribution in [2.45, 2.75) is 6.04 Å². The molecule has 3 N–H and O–H groups in total. The van der Waals surface area contributed by atoms with Crippen LogP contribution >= 0.6 is 12.4 Å². The average Bonchev–Trinajstić information content (AvgIpc) is 2.35. The van der Waals surface area contributed by atoms with Crippen LogP contribution in [0.4, 0.5) is 0 Å². The summed E-state index contributed by atoms with van der Waals surface area (Å²) in [4.78, 5) is 0. The first-order valence-corrected chi connectivity index (χ1v) is 4.84. The zero-order valence-corrected chi connectivity index (χ0v) is 10.9. The minimum atomic E-state index is -0.505. The molecule has 0 spiro atoms. The predicted molar refractivity (Wildman–Crippen MR) is 67.4 cm³/mol. The lowest BCUT2D eigenvalue weighted by Crippen LogP contribution is -2.15. The second kappa shape index (κ2) is 7.21. The van der Waals surface area contributed by atoms with Crippen molar-refractivity contribution in [1.82, 2.24) is 0 Å². The molecule has 6 heteroatoms. The predicted octanol–water partition coefficient (Wildman–Crippen LogP) is 1.13. The van der Waals surface area contributed by atoms with E-state index in [9.17, 15) is 0 Å². The maximum Gasteiger partial charge on any atom is 0.164 e. The van der Waals surface area contributed by atoms with E-state index < -0.39 is 6.04 Å². The first-order chi connectivity index (χ1) is 7.67. The van der Waals surface area contributed by atoms with Crippen LogP contribution in [0.2, 0.25) is 0 Å². The van der Waals surface area contributed by atoms with Crippen LogP contribution in [0.5, 0.6) is 17.2 Å². The fourth-order valence-corrected chi connectivity index (χ4v) is 1.44. The van der Waals surface area contributed by atoms with Crippen LogP contribution in [0.1, 0.15) is 11.6 Å². The van der Waals surface area contributed by atoms with E-state index in [-0.39, 0.29) is 19.0 Å². The summed E-state index contributed by atoms with van der Waals surface area (Å²) in [5.41, 5.74) is 6.44. The largest absolute Gasteiger partial charge is 0.496 e. The smallest absolute Gasteiger partial charge is 0.164 e. The lowest BCUT2D eigenvalue weighted by atomic mass is 10.1. The summed E-state index contributed by atoms with van der Waals surface area (Å²) in [6.07, 6.45) is 0. The van der Waals surface area contributed by atoms with Crippen molar-refractivity contribution in [2.75, 3.05) is 27.9 Å². The number of halogens is 1. The minimum Gasteiger partial charge on any atom is -0.496 e. The molecule has 98 valence electrons. The molecule has 0 saturated carbocycles. The van der Waals surface area contributed by atoms with Crippen molar-refractivity contribution in [3.63, 3.8) is 0 Å². The molecule has 0 radical (unpaired) electrons. The number of ether oxygens (including phenoxy) is 3. The summed E-state index contributed by atoms with van der Waals surface area (Å²) in [6, 6.07) is 2.89. The van der Waals surface area contributed by atoms with Gasteiger partial charge in [-0.3, -0.25) is 0 Å². The molecule has 0 fully saturated rings. The van der Waals surface area contributed by atoms with E-state index in [1.54, 1.807) is 26.4 Å². The van der Waals surface area contributed by atoms with Gasteiger partial charge in [-0.2, -0.15) is 0 Å². The van der Waals surface area contributed by atoms with Crippen molar-refractivity contribution < 1.29 is 19.3 Å². The van der Waals surface area contributed by atoms with Crippen LogP contribution in [-0.2, 0) is 0 Å². The van der Waals surface area contributed by atoms with Crippen molar-refractivity contribution >= 4 is 12.4 Å². The van der Waals surface area contributed by atoms with Gasteiger partial charge in [-0.1, -0.05) is 0 Å². The number of benzene rings is 1. The summed E-state index contributed by atoms with van der Waals surface area (Å²) >= 11 is 0. The molecule has 0 aliphatic rings. The Morgan fingerprint density at radius 2 is 1.53 bits per heavy atom. The van der Waals surface area contributed by atoms with Crippen LogP contribution in [-0.4, -0.2) is 33.0 Å². The molecule has 0 saturated heterocycles. The average molecular weight is 264 g/mol. The van der Waals surface area contributed by atoms with Gasteiger partial charge in [0.1, 0.15) is 5.75 Å². The Labute approximate surface area is 107 Å². The maximum atomic E-state index is 9.05. The van der Waals surface area contributed by atoms with Gasteiger partial charge in [0.2, 0.25) is 0 Å². The summed E-state index contributed by atoms with van der Waals surface area (Å²) in [7, 11) is 4.62. The number of hydrogen-bond donors (Lipinski definition) is 2. The van der Waals surface area contributed by atoms with Gasteiger partial charge in [0, 0.05) is 11.6 Å². The third-order valence-electron chi connectivity index (χ3n) is 2.33. The Morgan fingerprint density at radius 1 is 1.06 bits per heavy atom. The zero-order valence-electron chi connectivity index (χ0n) is 10.1. The summed E-state index contributed by atoms with van der Waals surface area (Å²) in [5.74, 6) is 1.69. The highest BCUT2D eigenvalue weighted by Crippen LogP contribution is 2.36. The molecule has 0 amide bonds. The zero-order chi connectivity index (χ0) is 12.1. The highest BCUT2D eigenvalue weighted by atomic mass is 35.5. The Balaban J connectivity index is 0.00000256. The van der Waals surface area contributed by atoms with Crippen LogP contribution in [0.15, 0.2) is 12.1 Å². The first kappa shape index (κ1) is 15.8. The molecule has 0 aliphatic heterocycles. The maximum absolute atomic E-state index is 9.05. The van der Waals surface area contributed by atoms with Crippen LogP contribution in [0, 0.1) is 0 Å². The Kier molecular flexibility index (Phi) is 6.72. The molecule has 5 nitrogen and oxygen atoms in total. The van der Waals surface area contributed by atoms with Crippen LogP contribution in [0.25, 0.3) is 0 Å². The summed E-state index contributed by atoms with van der Waals surface area (Å²) < 4.78 is 15.5. The molecule has 1 atom stereocenters. The van der Waals surface area contributed by atoms with E-state index in [4.69, 9.17) is 25.1 Å². The van der Waals surface area contributed by atoms with Gasteiger partial charge in [-0.05, 0) is 6.07 Å². The molecule has 0 aliphatic carbocycles. The standard InChI is InChI=1S/C11H17NO4.ClH/c1-14-9-5-11(16-3)10(15-2)4-7(9)8(12)6-13;/h4-5,8,13H,6,12H2,1-3H3;1H/t8-;/m1./s1. The molecular weight excluding hydrogens is 246 g/mol. The molecule has 0 heterocycles. The molecule has 0 aromatic heterocycles. The minimum absolute atomic E-state index is 0. The van der Waals surface area contributed by atoms with Crippen LogP contribution < -0.4 is 19.9 Å². The van der Waals surface area contributed by atoms with Gasteiger partial charge in [0.05, 0.1) is 34.0 Å². The quantitative estimate of drug-likeness (QED) is 0.833. The number of aliphatic hydroxyl groups is 1. The summed E-state index contributed by atoms with van der Waals surface area (Å²) in [5, 5.41) is 9.05.